The molecule has 0 aromatic heterocycles. The van der Waals surface area contributed by atoms with E-state index in [-0.39, 0.29) is 26.9 Å². The van der Waals surface area contributed by atoms with Crippen LogP contribution in [0.2, 0.25) is 0 Å². The molecule has 2 N–H and O–H groups in total. The first-order valence-electron chi connectivity index (χ1n) is 8.98. The van der Waals surface area contributed by atoms with Gasteiger partial charge in [0, 0.05) is 0 Å². The van der Waals surface area contributed by atoms with E-state index in [0.29, 0.717) is 0 Å². The molecule has 144 valence electrons. The molecule has 0 saturated carbocycles. The quantitative estimate of drug-likeness (QED) is 0.204. The Morgan fingerprint density at radius 2 is 1.71 bits per heavy atom. The van der Waals surface area contributed by atoms with Crippen molar-refractivity contribution in [2.24, 2.45) is 0 Å². The molecule has 0 saturated heterocycles. The van der Waals surface area contributed by atoms with Crippen molar-refractivity contribution in [3.05, 3.63) is 66.0 Å². The minimum Gasteiger partial charge on any atom is -1.00 e. The summed E-state index contributed by atoms with van der Waals surface area (Å²) >= 11 is 0.270. The summed E-state index contributed by atoms with van der Waals surface area (Å²) in [6, 6.07) is 21.9. The maximum atomic E-state index is 6.11. The number of fused-ring (bicyclic) bond motifs is 2. The molecule has 1 heterocycles. The van der Waals surface area contributed by atoms with E-state index < -0.39 is 0 Å². The van der Waals surface area contributed by atoms with Crippen LogP contribution in [0.5, 0.6) is 0 Å². The standard InChI is InChI=1S/C23H24N3Se.ClH/c1-25(2)17-8-10-19-21(13-17)27-22-14-18(26(3)4)9-11-20(22)23(19)15-6-5-7-16(24)12-15;/h5-14H,24H2,1-4H3;1H/q+1;/p-1. The maximum absolute atomic E-state index is 6.11. The van der Waals surface area contributed by atoms with Gasteiger partial charge in [0.2, 0.25) is 0 Å². The SMILES string of the molecule is CN(C)c1ccc2c(-c3cccc(N)c3)c3ccc(=[N+](C)C)cc-3[se]c2c1.[Cl-]. The van der Waals surface area contributed by atoms with Gasteiger partial charge in [0.05, 0.1) is 0 Å². The molecular weight excluding hydrogens is 433 g/mol. The Labute approximate surface area is 178 Å². The second-order valence-electron chi connectivity index (χ2n) is 7.25. The monoisotopic (exact) mass is 457 g/mol. The number of hydrogen-bond donors (Lipinski definition) is 1. The van der Waals surface area contributed by atoms with Crippen LogP contribution < -0.4 is 33.0 Å². The molecule has 0 spiro atoms. The first-order valence-corrected chi connectivity index (χ1v) is 10.7. The average Bonchev–Trinajstić information content (AvgIpc) is 2.64. The number of hydrogen-bond acceptors (Lipinski definition) is 2. The van der Waals surface area contributed by atoms with Gasteiger partial charge < -0.3 is 12.4 Å². The molecule has 2 aliphatic rings. The van der Waals surface area contributed by atoms with Crippen LogP contribution in [-0.4, -0.2) is 42.7 Å². The second-order valence-corrected chi connectivity index (χ2v) is 9.53. The van der Waals surface area contributed by atoms with Crippen molar-refractivity contribution in [1.82, 2.24) is 4.58 Å². The van der Waals surface area contributed by atoms with Crippen molar-refractivity contribution in [2.45, 2.75) is 0 Å². The van der Waals surface area contributed by atoms with Gasteiger partial charge in [0.25, 0.3) is 0 Å². The van der Waals surface area contributed by atoms with Crippen molar-refractivity contribution in [2.75, 3.05) is 38.8 Å². The molecule has 0 unspecified atom stereocenters. The van der Waals surface area contributed by atoms with Crippen LogP contribution in [-0.2, 0) is 0 Å². The first-order chi connectivity index (χ1) is 12.9. The fourth-order valence-electron chi connectivity index (χ4n) is 3.43. The molecule has 3 nitrogen and oxygen atoms in total. The third kappa shape index (κ3) is 3.68. The number of halogens is 1. The first kappa shape index (κ1) is 20.5. The van der Waals surface area contributed by atoms with E-state index in [1.807, 2.05) is 12.1 Å². The Hall–Kier alpha value is -2.26. The molecule has 5 heteroatoms. The van der Waals surface area contributed by atoms with Crippen LogP contribution in [0.15, 0.2) is 60.7 Å². The number of rotatable bonds is 2. The molecule has 0 amide bonds. The molecule has 0 atom stereocenters. The molecule has 1 aliphatic carbocycles. The van der Waals surface area contributed by atoms with Gasteiger partial charge in [-0.2, -0.15) is 0 Å². The van der Waals surface area contributed by atoms with Crippen molar-refractivity contribution in [3.8, 4) is 21.1 Å². The summed E-state index contributed by atoms with van der Waals surface area (Å²) in [5.41, 5.74) is 12.0. The number of nitrogen functional groups attached to an aromatic ring is 1. The Bertz CT molecular complexity index is 1190. The summed E-state index contributed by atoms with van der Waals surface area (Å²) in [5, 5.41) is 2.58. The zero-order chi connectivity index (χ0) is 19.1. The smallest absolute Gasteiger partial charge is 1.00 e. The van der Waals surface area contributed by atoms with Gasteiger partial charge in [-0.3, -0.25) is 0 Å². The van der Waals surface area contributed by atoms with Crippen molar-refractivity contribution in [1.29, 1.82) is 0 Å². The van der Waals surface area contributed by atoms with Crippen LogP contribution in [0.3, 0.4) is 0 Å². The molecule has 28 heavy (non-hydrogen) atoms. The molecule has 2 aromatic carbocycles. The predicted molar refractivity (Wildman–Crippen MR) is 119 cm³/mol. The third-order valence-electron chi connectivity index (χ3n) is 4.90. The van der Waals surface area contributed by atoms with Crippen LogP contribution in [0.4, 0.5) is 11.4 Å². The Kier molecular flexibility index (Phi) is 5.85. The molecular formula is C23H24ClN3Se. The molecule has 0 bridgehead atoms. The molecule has 0 radical (unpaired) electrons. The third-order valence-corrected chi connectivity index (χ3v) is 7.24. The van der Waals surface area contributed by atoms with Gasteiger partial charge in [-0.25, -0.2) is 0 Å². The van der Waals surface area contributed by atoms with E-state index in [4.69, 9.17) is 5.73 Å². The van der Waals surface area contributed by atoms with E-state index in [0.717, 1.165) is 5.69 Å². The van der Waals surface area contributed by atoms with Crippen LogP contribution in [0, 0.1) is 0 Å². The Morgan fingerprint density at radius 3 is 2.39 bits per heavy atom. The van der Waals surface area contributed by atoms with E-state index in [9.17, 15) is 0 Å². The zero-order valence-electron chi connectivity index (χ0n) is 16.5. The summed E-state index contributed by atoms with van der Waals surface area (Å²) in [5.74, 6) is 0. The van der Waals surface area contributed by atoms with Crippen LogP contribution in [0.1, 0.15) is 0 Å². The van der Waals surface area contributed by atoms with Crippen molar-refractivity contribution in [3.63, 3.8) is 0 Å². The number of nitrogens with zero attached hydrogens (tertiary/aromatic N) is 2. The molecule has 0 fully saturated rings. The summed E-state index contributed by atoms with van der Waals surface area (Å²) in [6.45, 7) is 0. The van der Waals surface area contributed by atoms with Crippen LogP contribution >= 0.6 is 0 Å². The van der Waals surface area contributed by atoms with Gasteiger partial charge in [-0.05, 0) is 0 Å². The van der Waals surface area contributed by atoms with Crippen LogP contribution in [0.25, 0.3) is 30.8 Å². The van der Waals surface area contributed by atoms with Crippen molar-refractivity contribution >= 4 is 35.5 Å². The van der Waals surface area contributed by atoms with E-state index in [1.165, 1.54) is 41.8 Å². The normalized spacial score (nSPS) is 10.7. The van der Waals surface area contributed by atoms with E-state index in [2.05, 4.69) is 86.2 Å². The van der Waals surface area contributed by atoms with Gasteiger partial charge >= 0.3 is 166 Å². The molecule has 2 aromatic rings. The van der Waals surface area contributed by atoms with Gasteiger partial charge in [-0.15, -0.1) is 0 Å². The molecule has 4 rings (SSSR count). The summed E-state index contributed by atoms with van der Waals surface area (Å²) in [4.78, 5) is 2.17. The van der Waals surface area contributed by atoms with E-state index >= 15 is 0 Å². The second kappa shape index (κ2) is 8.00. The zero-order valence-corrected chi connectivity index (χ0v) is 19.0. The maximum Gasteiger partial charge on any atom is -1.00 e. The van der Waals surface area contributed by atoms with Gasteiger partial charge in [-0.1, -0.05) is 0 Å². The molecule has 1 aliphatic heterocycles. The van der Waals surface area contributed by atoms with Crippen molar-refractivity contribution < 1.29 is 12.4 Å². The fourth-order valence-corrected chi connectivity index (χ4v) is 5.86. The number of nitrogens with two attached hydrogens (primary N) is 1. The fraction of sp³-hybridized carbons (Fsp3) is 0.174. The summed E-state index contributed by atoms with van der Waals surface area (Å²) in [7, 11) is 8.38. The van der Waals surface area contributed by atoms with E-state index in [1.54, 1.807) is 0 Å². The number of benzene rings is 3. The summed E-state index contributed by atoms with van der Waals surface area (Å²) in [6.07, 6.45) is 0. The Balaban J connectivity index is 0.00000225. The Morgan fingerprint density at radius 1 is 0.929 bits per heavy atom. The largest absolute Gasteiger partial charge is 1.00 e. The average molecular weight is 457 g/mol. The number of anilines is 2. The van der Waals surface area contributed by atoms with Gasteiger partial charge in [0.1, 0.15) is 0 Å². The minimum absolute atomic E-state index is 0. The topological polar surface area (TPSA) is 32.3 Å². The van der Waals surface area contributed by atoms with Gasteiger partial charge in [0.15, 0.2) is 0 Å². The summed E-state index contributed by atoms with van der Waals surface area (Å²) < 4.78 is 5.02. The predicted octanol–water partition coefficient (Wildman–Crippen LogP) is 0.353. The minimum atomic E-state index is 0.